The van der Waals surface area contributed by atoms with Gasteiger partial charge in [-0.1, -0.05) is 6.42 Å². The van der Waals surface area contributed by atoms with Crippen molar-refractivity contribution >= 4 is 22.9 Å². The van der Waals surface area contributed by atoms with Crippen LogP contribution in [0.3, 0.4) is 0 Å². The normalized spacial score (nSPS) is 15.0. The van der Waals surface area contributed by atoms with Gasteiger partial charge in [0.05, 0.1) is 19.5 Å². The minimum absolute atomic E-state index is 0.247. The number of morpholine rings is 1. The Balaban J connectivity index is 1.32. The Bertz CT molecular complexity index is 638. The SMILES string of the molecule is O=C(CCCCCNc1ncnc2nc[nH]c12)N1CCOCC1. The minimum Gasteiger partial charge on any atom is -0.378 e. The number of fused-ring (bicyclic) bond motifs is 1. The summed E-state index contributed by atoms with van der Waals surface area (Å²) in [5.74, 6) is 1.02. The Morgan fingerprint density at radius 1 is 1.22 bits per heavy atom. The van der Waals surface area contributed by atoms with Gasteiger partial charge < -0.3 is 19.9 Å². The number of aromatic nitrogens is 4. The minimum atomic E-state index is 0.247. The molecule has 0 atom stereocenters. The van der Waals surface area contributed by atoms with E-state index in [2.05, 4.69) is 25.3 Å². The average Bonchev–Trinajstić information content (AvgIpc) is 3.08. The van der Waals surface area contributed by atoms with Crippen LogP contribution in [0.2, 0.25) is 0 Å². The number of ether oxygens (including phenoxy) is 1. The van der Waals surface area contributed by atoms with Crippen LogP contribution in [-0.4, -0.2) is 63.6 Å². The average molecular weight is 318 g/mol. The largest absolute Gasteiger partial charge is 0.378 e. The highest BCUT2D eigenvalue weighted by Gasteiger charge is 2.15. The van der Waals surface area contributed by atoms with Crippen LogP contribution < -0.4 is 5.32 Å². The Labute approximate surface area is 134 Å². The van der Waals surface area contributed by atoms with Crippen LogP contribution in [0, 0.1) is 0 Å². The van der Waals surface area contributed by atoms with Crippen molar-refractivity contribution in [1.29, 1.82) is 0 Å². The molecule has 2 aromatic heterocycles. The number of hydrogen-bond donors (Lipinski definition) is 2. The molecule has 0 saturated carbocycles. The van der Waals surface area contributed by atoms with Gasteiger partial charge in [0, 0.05) is 26.1 Å². The summed E-state index contributed by atoms with van der Waals surface area (Å²) in [5.41, 5.74) is 1.49. The molecule has 23 heavy (non-hydrogen) atoms. The summed E-state index contributed by atoms with van der Waals surface area (Å²) >= 11 is 0. The molecule has 1 saturated heterocycles. The number of amides is 1. The summed E-state index contributed by atoms with van der Waals surface area (Å²) in [7, 11) is 0. The van der Waals surface area contributed by atoms with Gasteiger partial charge in [-0.2, -0.15) is 0 Å². The zero-order chi connectivity index (χ0) is 15.9. The van der Waals surface area contributed by atoms with Crippen LogP contribution in [-0.2, 0) is 9.53 Å². The molecule has 0 radical (unpaired) electrons. The molecule has 2 aromatic rings. The number of carbonyl (C=O) groups is 1. The molecule has 0 unspecified atom stereocenters. The monoisotopic (exact) mass is 318 g/mol. The molecule has 1 aliphatic rings. The fourth-order valence-electron chi connectivity index (χ4n) is 2.65. The van der Waals surface area contributed by atoms with Gasteiger partial charge in [0.25, 0.3) is 0 Å². The van der Waals surface area contributed by atoms with Crippen molar-refractivity contribution in [3.63, 3.8) is 0 Å². The molecule has 0 aliphatic carbocycles. The second-order valence-corrected chi connectivity index (χ2v) is 5.55. The van der Waals surface area contributed by atoms with Crippen LogP contribution in [0.15, 0.2) is 12.7 Å². The number of unbranched alkanes of at least 4 members (excludes halogenated alkanes) is 2. The Hall–Kier alpha value is -2.22. The lowest BCUT2D eigenvalue weighted by molar-refractivity contribution is -0.135. The quantitative estimate of drug-likeness (QED) is 0.744. The lowest BCUT2D eigenvalue weighted by Crippen LogP contribution is -2.40. The van der Waals surface area contributed by atoms with E-state index in [9.17, 15) is 4.79 Å². The van der Waals surface area contributed by atoms with E-state index in [-0.39, 0.29) is 5.91 Å². The molecule has 0 aromatic carbocycles. The number of imidazole rings is 1. The van der Waals surface area contributed by atoms with Gasteiger partial charge in [-0.3, -0.25) is 4.79 Å². The van der Waals surface area contributed by atoms with Crippen LogP contribution in [0.5, 0.6) is 0 Å². The third-order valence-corrected chi connectivity index (χ3v) is 3.95. The maximum atomic E-state index is 12.0. The number of nitrogens with zero attached hydrogens (tertiary/aromatic N) is 4. The third kappa shape index (κ3) is 4.16. The zero-order valence-corrected chi connectivity index (χ0v) is 13.1. The van der Waals surface area contributed by atoms with Crippen LogP contribution in [0.4, 0.5) is 5.82 Å². The number of hydrogen-bond acceptors (Lipinski definition) is 6. The van der Waals surface area contributed by atoms with E-state index in [1.165, 1.54) is 6.33 Å². The van der Waals surface area contributed by atoms with Gasteiger partial charge in [0.1, 0.15) is 11.8 Å². The van der Waals surface area contributed by atoms with Crippen molar-refractivity contribution in [1.82, 2.24) is 24.8 Å². The fraction of sp³-hybridized carbons (Fsp3) is 0.600. The first kappa shape index (κ1) is 15.7. The zero-order valence-electron chi connectivity index (χ0n) is 13.1. The van der Waals surface area contributed by atoms with Gasteiger partial charge in [-0.25, -0.2) is 15.0 Å². The van der Waals surface area contributed by atoms with Crippen molar-refractivity contribution in [2.24, 2.45) is 0 Å². The molecule has 2 N–H and O–H groups in total. The number of aromatic amines is 1. The Kier molecular flexibility index (Phi) is 5.36. The highest BCUT2D eigenvalue weighted by Crippen LogP contribution is 2.14. The predicted octanol–water partition coefficient (Wildman–Crippen LogP) is 1.18. The van der Waals surface area contributed by atoms with Crippen molar-refractivity contribution in [2.45, 2.75) is 25.7 Å². The molecular weight excluding hydrogens is 296 g/mol. The van der Waals surface area contributed by atoms with E-state index in [0.717, 1.165) is 50.2 Å². The highest BCUT2D eigenvalue weighted by molar-refractivity contribution is 5.81. The summed E-state index contributed by atoms with van der Waals surface area (Å²) in [5, 5.41) is 3.29. The van der Waals surface area contributed by atoms with Gasteiger partial charge in [0.15, 0.2) is 11.5 Å². The summed E-state index contributed by atoms with van der Waals surface area (Å²) in [6.07, 6.45) is 6.67. The standard InChI is InChI=1S/C15H22N6O2/c22-12(21-6-8-23-9-7-21)4-2-1-3-5-16-14-13-15(18-10-17-13)20-11-19-14/h10-11H,1-9H2,(H2,16,17,18,19,20). The summed E-state index contributed by atoms with van der Waals surface area (Å²) in [6.45, 7) is 3.60. The van der Waals surface area contributed by atoms with E-state index in [0.29, 0.717) is 25.3 Å². The molecule has 1 amide bonds. The smallest absolute Gasteiger partial charge is 0.222 e. The van der Waals surface area contributed by atoms with Crippen LogP contribution >= 0.6 is 0 Å². The second kappa shape index (κ2) is 7.87. The second-order valence-electron chi connectivity index (χ2n) is 5.55. The van der Waals surface area contributed by atoms with Crippen LogP contribution in [0.1, 0.15) is 25.7 Å². The maximum absolute atomic E-state index is 12.0. The Morgan fingerprint density at radius 2 is 2.09 bits per heavy atom. The van der Waals surface area contributed by atoms with Crippen LogP contribution in [0.25, 0.3) is 11.2 Å². The molecule has 0 spiro atoms. The molecule has 8 heteroatoms. The van der Waals surface area contributed by atoms with E-state index < -0.39 is 0 Å². The number of anilines is 1. The van der Waals surface area contributed by atoms with Gasteiger partial charge in [0.2, 0.25) is 5.91 Å². The summed E-state index contributed by atoms with van der Waals surface area (Å²) < 4.78 is 5.25. The van der Waals surface area contributed by atoms with Crippen molar-refractivity contribution < 1.29 is 9.53 Å². The molecule has 8 nitrogen and oxygen atoms in total. The molecule has 124 valence electrons. The third-order valence-electron chi connectivity index (χ3n) is 3.95. The van der Waals surface area contributed by atoms with Crippen molar-refractivity contribution in [3.05, 3.63) is 12.7 Å². The summed E-state index contributed by atoms with van der Waals surface area (Å²) in [4.78, 5) is 29.3. The van der Waals surface area contributed by atoms with Crippen molar-refractivity contribution in [3.8, 4) is 0 Å². The predicted molar refractivity (Wildman–Crippen MR) is 86.0 cm³/mol. The number of rotatable bonds is 7. The highest BCUT2D eigenvalue weighted by atomic mass is 16.5. The molecular formula is C15H22N6O2. The van der Waals surface area contributed by atoms with E-state index in [4.69, 9.17) is 4.74 Å². The number of carbonyl (C=O) groups excluding carboxylic acids is 1. The number of H-pyrrole nitrogens is 1. The fourth-order valence-corrected chi connectivity index (χ4v) is 2.65. The first-order chi connectivity index (χ1) is 11.3. The molecule has 1 fully saturated rings. The maximum Gasteiger partial charge on any atom is 0.222 e. The van der Waals surface area contributed by atoms with Gasteiger partial charge in [-0.15, -0.1) is 0 Å². The first-order valence-corrected chi connectivity index (χ1v) is 8.08. The first-order valence-electron chi connectivity index (χ1n) is 8.08. The number of nitrogens with one attached hydrogen (secondary N) is 2. The van der Waals surface area contributed by atoms with E-state index in [1.807, 2.05) is 4.90 Å². The molecule has 0 bridgehead atoms. The molecule has 3 rings (SSSR count). The van der Waals surface area contributed by atoms with Gasteiger partial charge in [-0.05, 0) is 12.8 Å². The molecule has 3 heterocycles. The topological polar surface area (TPSA) is 96.0 Å². The van der Waals surface area contributed by atoms with E-state index >= 15 is 0 Å². The Morgan fingerprint density at radius 3 is 2.96 bits per heavy atom. The van der Waals surface area contributed by atoms with E-state index in [1.54, 1.807) is 6.33 Å². The molecule has 1 aliphatic heterocycles. The van der Waals surface area contributed by atoms with Crippen molar-refractivity contribution in [2.75, 3.05) is 38.2 Å². The lowest BCUT2D eigenvalue weighted by atomic mass is 10.1. The summed E-state index contributed by atoms with van der Waals surface area (Å²) in [6, 6.07) is 0. The van der Waals surface area contributed by atoms with Gasteiger partial charge >= 0.3 is 0 Å². The lowest BCUT2D eigenvalue weighted by Gasteiger charge is -2.26.